The van der Waals surface area contributed by atoms with E-state index in [1.165, 1.54) is 0 Å². The topological polar surface area (TPSA) is 66.9 Å². The van der Waals surface area contributed by atoms with Gasteiger partial charge in [0.1, 0.15) is 0 Å². The first-order valence-electron chi connectivity index (χ1n) is 7.40. The van der Waals surface area contributed by atoms with Gasteiger partial charge in [0.05, 0.1) is 6.04 Å². The Morgan fingerprint density at radius 3 is 2.48 bits per heavy atom. The van der Waals surface area contributed by atoms with Crippen LogP contribution in [0.25, 0.3) is 10.8 Å². The molecule has 0 saturated carbocycles. The SMILES string of the molecule is O=C(c1ccc2ccccc2c1)N1CC(N2C(=O)COC2=O)C1. The molecule has 2 heterocycles. The van der Waals surface area contributed by atoms with Crippen LogP contribution in [0, 0.1) is 0 Å². The van der Waals surface area contributed by atoms with Crippen molar-refractivity contribution >= 4 is 28.7 Å². The van der Waals surface area contributed by atoms with Gasteiger partial charge in [0.2, 0.25) is 0 Å². The van der Waals surface area contributed by atoms with Crippen LogP contribution in [0.2, 0.25) is 0 Å². The quantitative estimate of drug-likeness (QED) is 0.846. The third-order valence-corrected chi connectivity index (χ3v) is 4.30. The average molecular weight is 310 g/mol. The summed E-state index contributed by atoms with van der Waals surface area (Å²) in [6, 6.07) is 13.1. The molecule has 2 fully saturated rings. The molecule has 0 atom stereocenters. The van der Waals surface area contributed by atoms with Crippen LogP contribution in [0.5, 0.6) is 0 Å². The van der Waals surface area contributed by atoms with Crippen molar-refractivity contribution in [2.75, 3.05) is 19.7 Å². The minimum Gasteiger partial charge on any atom is -0.439 e. The molecule has 2 aromatic carbocycles. The fraction of sp³-hybridized carbons (Fsp3) is 0.235. The van der Waals surface area contributed by atoms with Gasteiger partial charge < -0.3 is 9.64 Å². The highest BCUT2D eigenvalue weighted by atomic mass is 16.6. The monoisotopic (exact) mass is 310 g/mol. The molecule has 0 aliphatic carbocycles. The van der Waals surface area contributed by atoms with E-state index in [0.717, 1.165) is 15.7 Å². The number of amides is 3. The van der Waals surface area contributed by atoms with Crippen molar-refractivity contribution in [3.05, 3.63) is 48.0 Å². The van der Waals surface area contributed by atoms with Crippen molar-refractivity contribution < 1.29 is 19.1 Å². The van der Waals surface area contributed by atoms with Crippen LogP contribution < -0.4 is 0 Å². The van der Waals surface area contributed by atoms with E-state index in [1.54, 1.807) is 11.0 Å². The molecule has 0 spiro atoms. The van der Waals surface area contributed by atoms with Gasteiger partial charge in [0.15, 0.2) is 6.61 Å². The van der Waals surface area contributed by atoms with Gasteiger partial charge in [0, 0.05) is 18.7 Å². The predicted octanol–water partition coefficient (Wildman–Crippen LogP) is 1.64. The maximum absolute atomic E-state index is 12.5. The molecule has 116 valence electrons. The number of rotatable bonds is 2. The zero-order valence-electron chi connectivity index (χ0n) is 12.3. The Bertz CT molecular complexity index is 810. The molecule has 0 radical (unpaired) electrons. The summed E-state index contributed by atoms with van der Waals surface area (Å²) < 4.78 is 4.70. The summed E-state index contributed by atoms with van der Waals surface area (Å²) in [6.45, 7) is 0.507. The molecule has 0 aromatic heterocycles. The Balaban J connectivity index is 1.48. The molecule has 0 unspecified atom stereocenters. The molecular formula is C17H14N2O4. The standard InChI is InChI=1S/C17H14N2O4/c20-15-10-23-17(22)19(15)14-8-18(9-14)16(21)13-6-5-11-3-1-2-4-12(11)7-13/h1-7,14H,8-10H2. The average Bonchev–Trinajstić information content (AvgIpc) is 2.85. The molecule has 6 heteroatoms. The first-order valence-corrected chi connectivity index (χ1v) is 7.40. The molecule has 2 aliphatic rings. The Hall–Kier alpha value is -2.89. The Labute approximate surface area is 132 Å². The number of likely N-dealkylation sites (tertiary alicyclic amines) is 1. The first-order chi connectivity index (χ1) is 11.1. The van der Waals surface area contributed by atoms with Gasteiger partial charge in [-0.2, -0.15) is 0 Å². The Morgan fingerprint density at radius 2 is 1.78 bits per heavy atom. The number of ether oxygens (including phenoxy) is 1. The summed E-state index contributed by atoms with van der Waals surface area (Å²) in [5.41, 5.74) is 0.609. The van der Waals surface area contributed by atoms with E-state index >= 15 is 0 Å². The Kier molecular flexibility index (Phi) is 3.04. The molecule has 6 nitrogen and oxygen atoms in total. The second-order valence-electron chi connectivity index (χ2n) is 5.74. The van der Waals surface area contributed by atoms with Gasteiger partial charge in [0.25, 0.3) is 11.8 Å². The highest BCUT2D eigenvalue weighted by Crippen LogP contribution is 2.23. The van der Waals surface area contributed by atoms with Crippen molar-refractivity contribution in [3.63, 3.8) is 0 Å². The van der Waals surface area contributed by atoms with E-state index in [-0.39, 0.29) is 24.5 Å². The number of carbonyl (C=O) groups excluding carboxylic acids is 3. The second-order valence-corrected chi connectivity index (χ2v) is 5.74. The molecule has 23 heavy (non-hydrogen) atoms. The van der Waals surface area contributed by atoms with Crippen LogP contribution in [0.3, 0.4) is 0 Å². The second kappa shape index (κ2) is 5.08. The van der Waals surface area contributed by atoms with Gasteiger partial charge in [-0.15, -0.1) is 0 Å². The number of hydrogen-bond donors (Lipinski definition) is 0. The number of imide groups is 1. The van der Waals surface area contributed by atoms with Gasteiger partial charge in [-0.3, -0.25) is 9.59 Å². The molecule has 0 bridgehead atoms. The maximum Gasteiger partial charge on any atom is 0.417 e. The fourth-order valence-corrected chi connectivity index (χ4v) is 3.01. The van der Waals surface area contributed by atoms with E-state index in [9.17, 15) is 14.4 Å². The largest absolute Gasteiger partial charge is 0.439 e. The van der Waals surface area contributed by atoms with Crippen molar-refractivity contribution in [2.45, 2.75) is 6.04 Å². The van der Waals surface area contributed by atoms with Crippen LogP contribution >= 0.6 is 0 Å². The summed E-state index contributed by atoms with van der Waals surface area (Å²) in [5, 5.41) is 2.09. The van der Waals surface area contributed by atoms with E-state index in [0.29, 0.717) is 18.7 Å². The van der Waals surface area contributed by atoms with E-state index in [1.807, 2.05) is 36.4 Å². The fourth-order valence-electron chi connectivity index (χ4n) is 3.01. The zero-order chi connectivity index (χ0) is 16.0. The third kappa shape index (κ3) is 2.23. The Morgan fingerprint density at radius 1 is 1.04 bits per heavy atom. The molecule has 3 amide bonds. The lowest BCUT2D eigenvalue weighted by Crippen LogP contribution is -2.62. The summed E-state index contributed by atoms with van der Waals surface area (Å²) in [5.74, 6) is -0.426. The lowest BCUT2D eigenvalue weighted by molar-refractivity contribution is -0.129. The van der Waals surface area contributed by atoms with Crippen molar-refractivity contribution in [3.8, 4) is 0 Å². The molecule has 0 N–H and O–H groups in total. The van der Waals surface area contributed by atoms with E-state index < -0.39 is 6.09 Å². The normalized spacial score (nSPS) is 18.3. The van der Waals surface area contributed by atoms with Crippen molar-refractivity contribution in [1.29, 1.82) is 0 Å². The number of cyclic esters (lactones) is 1. The highest BCUT2D eigenvalue weighted by molar-refractivity contribution is 6.00. The highest BCUT2D eigenvalue weighted by Gasteiger charge is 2.44. The van der Waals surface area contributed by atoms with Crippen molar-refractivity contribution in [1.82, 2.24) is 9.80 Å². The zero-order valence-corrected chi connectivity index (χ0v) is 12.3. The summed E-state index contributed by atoms with van der Waals surface area (Å²) in [7, 11) is 0. The summed E-state index contributed by atoms with van der Waals surface area (Å²) in [6.07, 6.45) is -0.613. The molecule has 2 aromatic rings. The number of fused-ring (bicyclic) bond motifs is 1. The smallest absolute Gasteiger partial charge is 0.417 e. The minimum absolute atomic E-state index is 0.0907. The number of carbonyl (C=O) groups is 3. The van der Waals surface area contributed by atoms with Crippen molar-refractivity contribution in [2.24, 2.45) is 0 Å². The van der Waals surface area contributed by atoms with Gasteiger partial charge in [-0.1, -0.05) is 30.3 Å². The van der Waals surface area contributed by atoms with Gasteiger partial charge in [-0.25, -0.2) is 9.69 Å². The number of hydrogen-bond acceptors (Lipinski definition) is 4. The lowest BCUT2D eigenvalue weighted by atomic mass is 10.0. The first kappa shape index (κ1) is 13.8. The lowest BCUT2D eigenvalue weighted by Gasteiger charge is -2.42. The number of benzene rings is 2. The third-order valence-electron chi connectivity index (χ3n) is 4.30. The van der Waals surface area contributed by atoms with Crippen LogP contribution in [0.1, 0.15) is 10.4 Å². The minimum atomic E-state index is -0.613. The van der Waals surface area contributed by atoms with Crippen LogP contribution in [-0.4, -0.2) is 53.4 Å². The predicted molar refractivity (Wildman–Crippen MR) is 81.8 cm³/mol. The van der Waals surface area contributed by atoms with Crippen LogP contribution in [0.15, 0.2) is 42.5 Å². The van der Waals surface area contributed by atoms with Gasteiger partial charge in [-0.05, 0) is 22.9 Å². The van der Waals surface area contributed by atoms with E-state index in [4.69, 9.17) is 4.74 Å². The van der Waals surface area contributed by atoms with Crippen LogP contribution in [0.4, 0.5) is 4.79 Å². The van der Waals surface area contributed by atoms with Crippen LogP contribution in [-0.2, 0) is 9.53 Å². The molecule has 2 saturated heterocycles. The molecule has 4 rings (SSSR count). The molecule has 2 aliphatic heterocycles. The maximum atomic E-state index is 12.5. The van der Waals surface area contributed by atoms with E-state index in [2.05, 4.69) is 0 Å². The molecular weight excluding hydrogens is 296 g/mol. The van der Waals surface area contributed by atoms with Gasteiger partial charge >= 0.3 is 6.09 Å². The summed E-state index contributed by atoms with van der Waals surface area (Å²) >= 11 is 0. The number of nitrogens with zero attached hydrogens (tertiary/aromatic N) is 2. The summed E-state index contributed by atoms with van der Waals surface area (Å²) in [4.78, 5) is 38.3.